The Hall–Kier alpha value is -2.99. The molecule has 2 heterocycles. The summed E-state index contributed by atoms with van der Waals surface area (Å²) in [5, 5.41) is 0. The number of rotatable bonds is 5. The SMILES string of the molecule is CCOC(=O)Cc1ccc2c(c1)sc1nc(=O)cc(Cc3ccccc3)n12. The van der Waals surface area contributed by atoms with E-state index in [0.29, 0.717) is 18.0 Å². The van der Waals surface area contributed by atoms with E-state index in [1.165, 1.54) is 11.3 Å². The lowest BCUT2D eigenvalue weighted by Crippen LogP contribution is -2.11. The van der Waals surface area contributed by atoms with E-state index < -0.39 is 0 Å². The van der Waals surface area contributed by atoms with Crippen molar-refractivity contribution in [1.82, 2.24) is 9.38 Å². The topological polar surface area (TPSA) is 60.7 Å². The van der Waals surface area contributed by atoms with Crippen LogP contribution >= 0.6 is 11.3 Å². The lowest BCUT2D eigenvalue weighted by Gasteiger charge is -2.07. The fraction of sp³-hybridized carbons (Fsp3) is 0.190. The fourth-order valence-electron chi connectivity index (χ4n) is 3.18. The van der Waals surface area contributed by atoms with E-state index in [0.717, 1.165) is 27.0 Å². The van der Waals surface area contributed by atoms with Crippen molar-refractivity contribution >= 4 is 32.5 Å². The molecule has 6 heteroatoms. The van der Waals surface area contributed by atoms with E-state index in [1.807, 2.05) is 52.9 Å². The second kappa shape index (κ2) is 7.32. The standard InChI is InChI=1S/C21H18N2O3S/c1-2-26-20(25)12-15-8-9-17-18(11-15)27-21-22-19(24)13-16(23(17)21)10-14-6-4-3-5-7-14/h3-9,11,13H,2,10,12H2,1H3. The molecule has 0 aliphatic carbocycles. The molecule has 0 aliphatic heterocycles. The number of fused-ring (bicyclic) bond motifs is 3. The largest absolute Gasteiger partial charge is 0.466 e. The molecular formula is C21H18N2O3S. The molecule has 0 radical (unpaired) electrons. The molecule has 5 nitrogen and oxygen atoms in total. The number of carbonyl (C=O) groups excluding carboxylic acids is 1. The van der Waals surface area contributed by atoms with Gasteiger partial charge in [-0.3, -0.25) is 14.0 Å². The highest BCUT2D eigenvalue weighted by Crippen LogP contribution is 2.28. The van der Waals surface area contributed by atoms with Gasteiger partial charge in [0.15, 0.2) is 4.96 Å². The van der Waals surface area contributed by atoms with Gasteiger partial charge in [0.2, 0.25) is 0 Å². The first-order chi connectivity index (χ1) is 13.1. The molecular weight excluding hydrogens is 360 g/mol. The Labute approximate surface area is 159 Å². The van der Waals surface area contributed by atoms with Crippen molar-refractivity contribution in [3.8, 4) is 0 Å². The van der Waals surface area contributed by atoms with Crippen molar-refractivity contribution in [3.63, 3.8) is 0 Å². The van der Waals surface area contributed by atoms with Gasteiger partial charge in [0, 0.05) is 18.2 Å². The maximum atomic E-state index is 12.1. The van der Waals surface area contributed by atoms with Crippen LogP contribution in [0.3, 0.4) is 0 Å². The number of ether oxygens (including phenoxy) is 1. The Morgan fingerprint density at radius 3 is 2.70 bits per heavy atom. The van der Waals surface area contributed by atoms with Crippen LogP contribution in [0.15, 0.2) is 59.4 Å². The van der Waals surface area contributed by atoms with Gasteiger partial charge in [-0.05, 0) is 30.2 Å². The van der Waals surface area contributed by atoms with Crippen LogP contribution in [0, 0.1) is 0 Å². The third-order valence-electron chi connectivity index (χ3n) is 4.32. The summed E-state index contributed by atoms with van der Waals surface area (Å²) in [4.78, 5) is 28.7. The third kappa shape index (κ3) is 3.61. The number of esters is 1. The van der Waals surface area contributed by atoms with Crippen LogP contribution in [0.25, 0.3) is 15.2 Å². The Morgan fingerprint density at radius 1 is 1.11 bits per heavy atom. The zero-order chi connectivity index (χ0) is 18.8. The molecule has 2 aromatic heterocycles. The zero-order valence-corrected chi connectivity index (χ0v) is 15.7. The molecule has 0 saturated heterocycles. The summed E-state index contributed by atoms with van der Waals surface area (Å²) in [6.07, 6.45) is 0.885. The minimum atomic E-state index is -0.240. The summed E-state index contributed by atoms with van der Waals surface area (Å²) in [6.45, 7) is 2.17. The van der Waals surface area contributed by atoms with E-state index in [1.54, 1.807) is 13.0 Å². The first kappa shape index (κ1) is 17.4. The van der Waals surface area contributed by atoms with E-state index in [2.05, 4.69) is 4.98 Å². The van der Waals surface area contributed by atoms with Crippen molar-refractivity contribution in [2.24, 2.45) is 0 Å². The van der Waals surface area contributed by atoms with Crippen LogP contribution in [-0.2, 0) is 22.4 Å². The van der Waals surface area contributed by atoms with Crippen LogP contribution < -0.4 is 5.56 Å². The predicted octanol–water partition coefficient (Wildman–Crippen LogP) is 3.61. The molecule has 0 fully saturated rings. The van der Waals surface area contributed by atoms with E-state index in [4.69, 9.17) is 4.74 Å². The minimum Gasteiger partial charge on any atom is -0.466 e. The number of hydrogen-bond donors (Lipinski definition) is 0. The normalized spacial score (nSPS) is 11.1. The highest BCUT2D eigenvalue weighted by atomic mass is 32.1. The molecule has 0 bridgehead atoms. The summed E-state index contributed by atoms with van der Waals surface area (Å²) in [6, 6.07) is 17.5. The Morgan fingerprint density at radius 2 is 1.93 bits per heavy atom. The molecule has 0 spiro atoms. The number of benzene rings is 2. The molecule has 0 unspecified atom stereocenters. The van der Waals surface area contributed by atoms with Crippen molar-refractivity contribution in [2.45, 2.75) is 19.8 Å². The van der Waals surface area contributed by atoms with Gasteiger partial charge in [0.1, 0.15) is 0 Å². The van der Waals surface area contributed by atoms with Gasteiger partial charge in [-0.25, -0.2) is 0 Å². The average molecular weight is 378 g/mol. The van der Waals surface area contributed by atoms with Crippen molar-refractivity contribution < 1.29 is 9.53 Å². The molecule has 2 aromatic carbocycles. The van der Waals surface area contributed by atoms with E-state index in [9.17, 15) is 9.59 Å². The molecule has 4 aromatic rings. The van der Waals surface area contributed by atoms with Crippen LogP contribution in [0.2, 0.25) is 0 Å². The molecule has 0 N–H and O–H groups in total. The van der Waals surface area contributed by atoms with Crippen molar-refractivity contribution in [3.05, 3.63) is 81.8 Å². The van der Waals surface area contributed by atoms with Crippen LogP contribution in [0.5, 0.6) is 0 Å². The molecule has 4 rings (SSSR count). The fourth-order valence-corrected chi connectivity index (χ4v) is 4.29. The zero-order valence-electron chi connectivity index (χ0n) is 14.8. The Balaban J connectivity index is 1.80. The second-order valence-electron chi connectivity index (χ2n) is 6.25. The summed E-state index contributed by atoms with van der Waals surface area (Å²) < 4.78 is 8.04. The highest BCUT2D eigenvalue weighted by Gasteiger charge is 2.13. The second-order valence-corrected chi connectivity index (χ2v) is 7.26. The first-order valence-electron chi connectivity index (χ1n) is 8.77. The van der Waals surface area contributed by atoms with Crippen LogP contribution in [0.1, 0.15) is 23.7 Å². The van der Waals surface area contributed by atoms with Gasteiger partial charge < -0.3 is 4.74 Å². The van der Waals surface area contributed by atoms with E-state index in [-0.39, 0.29) is 17.9 Å². The predicted molar refractivity (Wildman–Crippen MR) is 106 cm³/mol. The molecule has 0 amide bonds. The summed E-state index contributed by atoms with van der Waals surface area (Å²) >= 11 is 1.45. The lowest BCUT2D eigenvalue weighted by molar-refractivity contribution is -0.142. The maximum Gasteiger partial charge on any atom is 0.310 e. The maximum absolute atomic E-state index is 12.1. The number of thiazole rings is 1. The molecule has 0 atom stereocenters. The smallest absolute Gasteiger partial charge is 0.310 e. The first-order valence-corrected chi connectivity index (χ1v) is 9.59. The monoisotopic (exact) mass is 378 g/mol. The molecule has 27 heavy (non-hydrogen) atoms. The Kier molecular flexibility index (Phi) is 4.73. The number of aromatic nitrogens is 2. The minimum absolute atomic E-state index is 0.236. The lowest BCUT2D eigenvalue weighted by atomic mass is 10.1. The quantitative estimate of drug-likeness (QED) is 0.498. The number of hydrogen-bond acceptors (Lipinski definition) is 5. The Bertz CT molecular complexity index is 1180. The summed E-state index contributed by atoms with van der Waals surface area (Å²) in [7, 11) is 0. The molecule has 136 valence electrons. The van der Waals surface area contributed by atoms with Crippen molar-refractivity contribution in [1.29, 1.82) is 0 Å². The van der Waals surface area contributed by atoms with Crippen molar-refractivity contribution in [2.75, 3.05) is 6.61 Å². The number of carbonyl (C=O) groups is 1. The van der Waals surface area contributed by atoms with Crippen LogP contribution in [-0.4, -0.2) is 22.0 Å². The highest BCUT2D eigenvalue weighted by molar-refractivity contribution is 7.23. The molecule has 0 aliphatic rings. The molecule has 0 saturated carbocycles. The number of nitrogens with zero attached hydrogens (tertiary/aromatic N) is 2. The summed E-state index contributed by atoms with van der Waals surface area (Å²) in [5.74, 6) is -0.240. The van der Waals surface area contributed by atoms with Crippen LogP contribution in [0.4, 0.5) is 0 Å². The van der Waals surface area contributed by atoms with Gasteiger partial charge in [-0.15, -0.1) is 0 Å². The third-order valence-corrected chi connectivity index (χ3v) is 5.33. The van der Waals surface area contributed by atoms with Gasteiger partial charge in [0.05, 0.1) is 23.2 Å². The van der Waals surface area contributed by atoms with Gasteiger partial charge in [0.25, 0.3) is 5.56 Å². The average Bonchev–Trinajstić information content (AvgIpc) is 3.00. The van der Waals surface area contributed by atoms with Gasteiger partial charge >= 0.3 is 5.97 Å². The van der Waals surface area contributed by atoms with E-state index >= 15 is 0 Å². The van der Waals surface area contributed by atoms with Gasteiger partial charge in [-0.2, -0.15) is 4.98 Å². The summed E-state index contributed by atoms with van der Waals surface area (Å²) in [5.41, 5.74) is 3.68. The van der Waals surface area contributed by atoms with Gasteiger partial charge in [-0.1, -0.05) is 47.7 Å².